The number of imide groups is 2. The van der Waals surface area contributed by atoms with E-state index < -0.39 is 36.5 Å². The highest BCUT2D eigenvalue weighted by atomic mass is 16.7. The van der Waals surface area contributed by atoms with Crippen LogP contribution >= 0.6 is 0 Å². The van der Waals surface area contributed by atoms with E-state index in [0.717, 1.165) is 0 Å². The molecule has 4 atom stereocenters. The van der Waals surface area contributed by atoms with Crippen molar-refractivity contribution in [2.45, 2.75) is 75.9 Å². The Hall–Kier alpha value is -5.70. The van der Waals surface area contributed by atoms with Crippen LogP contribution in [-0.2, 0) is 23.8 Å². The lowest BCUT2D eigenvalue weighted by atomic mass is 10.1. The summed E-state index contributed by atoms with van der Waals surface area (Å²) in [5.74, 6) is -2.23. The number of hydrogen-bond donors (Lipinski definition) is 1. The van der Waals surface area contributed by atoms with Crippen LogP contribution in [0.2, 0.25) is 0 Å². The Balaban J connectivity index is 0.862. The topological polar surface area (TPSA) is 187 Å². The Morgan fingerprint density at radius 3 is 1.77 bits per heavy atom. The maximum absolute atomic E-state index is 13.0. The zero-order valence-electron chi connectivity index (χ0n) is 28.2. The monoisotopic (exact) mass is 711 g/mol. The number of benzene rings is 2. The number of hydrogen-bond acceptors (Lipinski definition) is 12. The summed E-state index contributed by atoms with van der Waals surface area (Å²) in [6, 6.07) is 15.0. The molecule has 0 bridgehead atoms. The largest absolute Gasteiger partial charge is 0.463 e. The summed E-state index contributed by atoms with van der Waals surface area (Å²) in [6.07, 6.45) is 1.68. The molecule has 5 heterocycles. The number of amides is 4. The van der Waals surface area contributed by atoms with E-state index in [0.29, 0.717) is 60.8 Å². The zero-order valence-corrected chi connectivity index (χ0v) is 28.2. The first kappa shape index (κ1) is 34.7. The van der Waals surface area contributed by atoms with E-state index in [9.17, 15) is 28.8 Å². The number of carbonyl (C=O) groups is 6. The number of nitrogens with zero attached hydrogens (tertiary/aromatic N) is 4. The van der Waals surface area contributed by atoms with Gasteiger partial charge in [0.05, 0.1) is 22.3 Å². The molecule has 2 aromatic carbocycles. The molecule has 0 spiro atoms. The highest BCUT2D eigenvalue weighted by Gasteiger charge is 2.54. The number of carbonyl (C=O) groups excluding carboxylic acids is 6. The van der Waals surface area contributed by atoms with Crippen LogP contribution in [0.5, 0.6) is 6.01 Å². The SMILES string of the molecule is N=c1ccn2c(n1)O[C@@H]1[C@H](OC(=O)CCCCCN3C(=O)c4ccccc4C3=O)[C@@H](COC(=O)CCCCCN3C(=O)c4ccccc4C3=O)O[C@H]12. The third kappa shape index (κ3) is 6.83. The lowest BCUT2D eigenvalue weighted by molar-refractivity contribution is -0.160. The van der Waals surface area contributed by atoms with E-state index in [-0.39, 0.29) is 67.7 Å². The Labute approximate surface area is 297 Å². The van der Waals surface area contributed by atoms with Crippen LogP contribution in [-0.4, -0.2) is 92.9 Å². The molecule has 7 rings (SSSR count). The van der Waals surface area contributed by atoms with Crippen molar-refractivity contribution in [3.63, 3.8) is 0 Å². The molecular weight excluding hydrogens is 674 g/mol. The summed E-state index contributed by atoms with van der Waals surface area (Å²) in [4.78, 5) is 82.5. The van der Waals surface area contributed by atoms with Gasteiger partial charge in [0.25, 0.3) is 23.6 Å². The van der Waals surface area contributed by atoms with E-state index in [1.54, 1.807) is 59.3 Å². The van der Waals surface area contributed by atoms with Gasteiger partial charge >= 0.3 is 17.9 Å². The third-order valence-corrected chi connectivity index (χ3v) is 9.59. The Bertz CT molecular complexity index is 1920. The first-order valence-electron chi connectivity index (χ1n) is 17.4. The second-order valence-electron chi connectivity index (χ2n) is 13.0. The van der Waals surface area contributed by atoms with Gasteiger partial charge in [0.2, 0.25) is 0 Å². The van der Waals surface area contributed by atoms with E-state index in [1.807, 2.05) is 0 Å². The average molecular weight is 712 g/mol. The molecule has 0 saturated carbocycles. The minimum Gasteiger partial charge on any atom is -0.463 e. The van der Waals surface area contributed by atoms with Gasteiger partial charge in [0.15, 0.2) is 23.9 Å². The first-order valence-corrected chi connectivity index (χ1v) is 17.4. The maximum Gasteiger partial charge on any atom is 0.306 e. The summed E-state index contributed by atoms with van der Waals surface area (Å²) in [6.45, 7) is 0.313. The van der Waals surface area contributed by atoms with Gasteiger partial charge in [0.1, 0.15) is 12.7 Å². The van der Waals surface area contributed by atoms with Crippen molar-refractivity contribution >= 4 is 35.6 Å². The minimum atomic E-state index is -0.931. The standard InChI is InChI=1S/C37H37N5O10/c38-27-17-20-42-36-31(52-37(42)39-27)30(51-29(44)16-4-2-10-19-41-34(47)24-13-7-8-14-25(24)35(41)48)26(50-36)21-49-28(43)15-3-1-9-18-40-32(45)22-11-5-6-12-23(22)33(40)46/h5-8,11-14,17,20,26,30-31,36,38H,1-4,9-10,15-16,18-19,21H2/t26-,30-,31-,36-/m1/s1. The van der Waals surface area contributed by atoms with Crippen LogP contribution in [0.3, 0.4) is 0 Å². The predicted molar refractivity (Wildman–Crippen MR) is 178 cm³/mol. The van der Waals surface area contributed by atoms with Crippen molar-refractivity contribution in [2.75, 3.05) is 19.7 Å². The normalized spacial score (nSPS) is 21.2. The molecular formula is C37H37N5O10. The molecule has 4 aliphatic rings. The molecule has 1 saturated heterocycles. The smallest absolute Gasteiger partial charge is 0.306 e. The average Bonchev–Trinajstić information content (AvgIpc) is 3.81. The molecule has 3 aromatic rings. The molecule has 15 nitrogen and oxygen atoms in total. The quantitative estimate of drug-likeness (QED) is 0.139. The Morgan fingerprint density at radius 1 is 0.712 bits per heavy atom. The van der Waals surface area contributed by atoms with Crippen molar-refractivity contribution in [3.05, 3.63) is 88.5 Å². The Kier molecular flexibility index (Phi) is 9.94. The van der Waals surface area contributed by atoms with Gasteiger partial charge in [-0.2, -0.15) is 4.98 Å². The van der Waals surface area contributed by atoms with Gasteiger partial charge < -0.3 is 18.9 Å². The summed E-state index contributed by atoms with van der Waals surface area (Å²) in [5, 5.41) is 7.82. The number of unbranched alkanes of at least 4 members (excludes halogenated alkanes) is 4. The summed E-state index contributed by atoms with van der Waals surface area (Å²) in [7, 11) is 0. The number of ether oxygens (including phenoxy) is 4. The highest BCUT2D eigenvalue weighted by molar-refractivity contribution is 6.22. The van der Waals surface area contributed by atoms with Crippen LogP contribution < -0.4 is 10.2 Å². The number of esters is 2. The van der Waals surface area contributed by atoms with Crippen LogP contribution in [0.15, 0.2) is 60.8 Å². The number of rotatable bonds is 15. The molecule has 1 N–H and O–H groups in total. The third-order valence-electron chi connectivity index (χ3n) is 9.59. The van der Waals surface area contributed by atoms with E-state index in [2.05, 4.69) is 4.98 Å². The lowest BCUT2D eigenvalue weighted by Crippen LogP contribution is -2.40. The van der Waals surface area contributed by atoms with Gasteiger partial charge in [-0.3, -0.25) is 48.5 Å². The van der Waals surface area contributed by atoms with Gasteiger partial charge in [-0.05, 0) is 56.0 Å². The van der Waals surface area contributed by atoms with Gasteiger partial charge in [-0.1, -0.05) is 37.1 Å². The minimum absolute atomic E-state index is 0.00446. The molecule has 270 valence electrons. The lowest BCUT2D eigenvalue weighted by Gasteiger charge is -2.22. The first-order chi connectivity index (χ1) is 25.2. The molecule has 0 radical (unpaired) electrons. The fourth-order valence-corrected chi connectivity index (χ4v) is 6.92. The maximum atomic E-state index is 13.0. The van der Waals surface area contributed by atoms with Crippen LogP contribution in [0.4, 0.5) is 0 Å². The second-order valence-corrected chi connectivity index (χ2v) is 13.0. The molecule has 52 heavy (non-hydrogen) atoms. The van der Waals surface area contributed by atoms with Gasteiger partial charge in [-0.15, -0.1) is 0 Å². The second kappa shape index (κ2) is 14.9. The van der Waals surface area contributed by atoms with Crippen LogP contribution in [0.25, 0.3) is 0 Å². The Morgan fingerprint density at radius 2 is 1.23 bits per heavy atom. The number of nitrogens with one attached hydrogen (secondary N) is 1. The number of fused-ring (bicyclic) bond motifs is 5. The fourth-order valence-electron chi connectivity index (χ4n) is 6.92. The fraction of sp³-hybridized carbons (Fsp3) is 0.405. The molecule has 0 unspecified atom stereocenters. The van der Waals surface area contributed by atoms with E-state index in [1.165, 1.54) is 15.9 Å². The predicted octanol–water partition coefficient (Wildman–Crippen LogP) is 3.19. The van der Waals surface area contributed by atoms with Gasteiger partial charge in [-0.25, -0.2) is 0 Å². The molecule has 1 fully saturated rings. The number of aromatic nitrogens is 2. The highest BCUT2D eigenvalue weighted by Crippen LogP contribution is 2.40. The van der Waals surface area contributed by atoms with Crippen molar-refractivity contribution in [1.82, 2.24) is 19.4 Å². The molecule has 4 aliphatic heterocycles. The molecule has 1 aromatic heterocycles. The van der Waals surface area contributed by atoms with Crippen molar-refractivity contribution in [2.24, 2.45) is 0 Å². The molecule has 4 amide bonds. The van der Waals surface area contributed by atoms with Crippen molar-refractivity contribution < 1.29 is 47.7 Å². The van der Waals surface area contributed by atoms with Crippen molar-refractivity contribution in [3.8, 4) is 6.01 Å². The molecule has 15 heteroatoms. The van der Waals surface area contributed by atoms with Crippen LogP contribution in [0, 0.1) is 5.41 Å². The van der Waals surface area contributed by atoms with Crippen molar-refractivity contribution in [1.29, 1.82) is 5.41 Å². The summed E-state index contributed by atoms with van der Waals surface area (Å²) >= 11 is 0. The van der Waals surface area contributed by atoms with Crippen LogP contribution in [0.1, 0.15) is 99.0 Å². The summed E-state index contributed by atoms with van der Waals surface area (Å²) in [5.41, 5.74) is 1.60. The summed E-state index contributed by atoms with van der Waals surface area (Å²) < 4.78 is 25.1. The van der Waals surface area contributed by atoms with Gasteiger partial charge in [0, 0.05) is 32.1 Å². The van der Waals surface area contributed by atoms with E-state index >= 15 is 0 Å². The van der Waals surface area contributed by atoms with E-state index in [4.69, 9.17) is 24.4 Å². The zero-order chi connectivity index (χ0) is 36.4. The molecule has 0 aliphatic carbocycles.